The first-order chi connectivity index (χ1) is 9.06. The van der Waals surface area contributed by atoms with Crippen LogP contribution in [0.5, 0.6) is 0 Å². The number of amides is 2. The number of hydrogen-bond donors (Lipinski definition) is 1. The topological polar surface area (TPSA) is 49.4 Å². The van der Waals surface area contributed by atoms with E-state index in [0.29, 0.717) is 18.3 Å². The molecule has 1 fully saturated rings. The van der Waals surface area contributed by atoms with Crippen molar-refractivity contribution in [3.05, 3.63) is 30.1 Å². The van der Waals surface area contributed by atoms with Crippen LogP contribution in [0.2, 0.25) is 0 Å². The molecule has 5 heteroatoms. The van der Waals surface area contributed by atoms with E-state index in [9.17, 15) is 14.0 Å². The van der Waals surface area contributed by atoms with Crippen molar-refractivity contribution in [3.8, 4) is 0 Å². The maximum Gasteiger partial charge on any atom is 0.226 e. The molecular formula is C14H17FN2O2. The lowest BCUT2D eigenvalue weighted by molar-refractivity contribution is -0.129. The van der Waals surface area contributed by atoms with Crippen molar-refractivity contribution >= 4 is 17.5 Å². The highest BCUT2D eigenvalue weighted by Gasteiger charge is 2.30. The molecule has 1 aliphatic carbocycles. The van der Waals surface area contributed by atoms with Gasteiger partial charge in [0.25, 0.3) is 0 Å². The minimum Gasteiger partial charge on any atom is -0.339 e. The Bertz CT molecular complexity index is 486. The van der Waals surface area contributed by atoms with Gasteiger partial charge in [0.15, 0.2) is 0 Å². The van der Waals surface area contributed by atoms with E-state index in [2.05, 4.69) is 5.32 Å². The highest BCUT2D eigenvalue weighted by molar-refractivity contribution is 5.91. The summed E-state index contributed by atoms with van der Waals surface area (Å²) in [6, 6.07) is 6.06. The van der Waals surface area contributed by atoms with Gasteiger partial charge in [0, 0.05) is 31.6 Å². The fourth-order valence-corrected chi connectivity index (χ4v) is 2.00. The smallest absolute Gasteiger partial charge is 0.226 e. The van der Waals surface area contributed by atoms with Gasteiger partial charge in [-0.05, 0) is 31.0 Å². The minimum absolute atomic E-state index is 0.000977. The number of rotatable bonds is 5. The molecule has 0 aliphatic heterocycles. The predicted octanol–water partition coefficient (Wildman–Crippen LogP) is 2.17. The van der Waals surface area contributed by atoms with Crippen molar-refractivity contribution < 1.29 is 14.0 Å². The molecule has 1 aliphatic rings. The maximum absolute atomic E-state index is 12.9. The van der Waals surface area contributed by atoms with Crippen LogP contribution >= 0.6 is 0 Å². The number of carbonyl (C=O) groups excluding carboxylic acids is 2. The number of benzene rings is 1. The summed E-state index contributed by atoms with van der Waals surface area (Å²) < 4.78 is 12.9. The number of hydrogen-bond acceptors (Lipinski definition) is 2. The fraction of sp³-hybridized carbons (Fsp3) is 0.429. The Balaban J connectivity index is 1.82. The van der Waals surface area contributed by atoms with Crippen molar-refractivity contribution in [2.75, 3.05) is 11.9 Å². The second-order valence-corrected chi connectivity index (χ2v) is 4.75. The number of carbonyl (C=O) groups is 2. The van der Waals surface area contributed by atoms with Crippen LogP contribution in [-0.2, 0) is 9.59 Å². The van der Waals surface area contributed by atoms with Crippen molar-refractivity contribution in [1.29, 1.82) is 0 Å². The van der Waals surface area contributed by atoms with Gasteiger partial charge in [0.05, 0.1) is 0 Å². The lowest BCUT2D eigenvalue weighted by Gasteiger charge is -2.20. The van der Waals surface area contributed by atoms with E-state index in [-0.39, 0.29) is 24.1 Å². The average Bonchev–Trinajstić information content (AvgIpc) is 3.13. The lowest BCUT2D eigenvalue weighted by atomic mass is 10.3. The quantitative estimate of drug-likeness (QED) is 0.886. The summed E-state index contributed by atoms with van der Waals surface area (Å²) >= 11 is 0. The monoisotopic (exact) mass is 264 g/mol. The molecule has 1 aromatic rings. The second kappa shape index (κ2) is 5.82. The van der Waals surface area contributed by atoms with E-state index in [1.165, 1.54) is 25.1 Å². The van der Waals surface area contributed by atoms with Crippen LogP contribution in [0.15, 0.2) is 24.3 Å². The van der Waals surface area contributed by atoms with Crippen molar-refractivity contribution in [1.82, 2.24) is 4.90 Å². The molecule has 4 nitrogen and oxygen atoms in total. The number of anilines is 1. The van der Waals surface area contributed by atoms with Crippen molar-refractivity contribution in [3.63, 3.8) is 0 Å². The van der Waals surface area contributed by atoms with Crippen LogP contribution in [0.1, 0.15) is 26.2 Å². The first-order valence-electron chi connectivity index (χ1n) is 6.39. The molecule has 0 atom stereocenters. The van der Waals surface area contributed by atoms with E-state index < -0.39 is 0 Å². The molecule has 0 radical (unpaired) electrons. The Kier molecular flexibility index (Phi) is 4.14. The van der Waals surface area contributed by atoms with Crippen LogP contribution in [0.3, 0.4) is 0 Å². The van der Waals surface area contributed by atoms with E-state index in [0.717, 1.165) is 12.8 Å². The Morgan fingerprint density at radius 2 is 2.16 bits per heavy atom. The highest BCUT2D eigenvalue weighted by atomic mass is 19.1. The highest BCUT2D eigenvalue weighted by Crippen LogP contribution is 2.26. The minimum atomic E-state index is -0.388. The molecule has 0 bridgehead atoms. The van der Waals surface area contributed by atoms with Gasteiger partial charge in [-0.25, -0.2) is 4.39 Å². The van der Waals surface area contributed by atoms with E-state index in [4.69, 9.17) is 0 Å². The largest absolute Gasteiger partial charge is 0.339 e. The fourth-order valence-electron chi connectivity index (χ4n) is 2.00. The van der Waals surface area contributed by atoms with Crippen molar-refractivity contribution in [2.24, 2.45) is 0 Å². The van der Waals surface area contributed by atoms with Crippen LogP contribution < -0.4 is 5.32 Å². The van der Waals surface area contributed by atoms with Gasteiger partial charge in [-0.1, -0.05) is 6.07 Å². The summed E-state index contributed by atoms with van der Waals surface area (Å²) in [5.74, 6) is -0.598. The van der Waals surface area contributed by atoms with Gasteiger partial charge in [-0.2, -0.15) is 0 Å². The Labute approximate surface area is 111 Å². The van der Waals surface area contributed by atoms with E-state index in [1.54, 1.807) is 11.0 Å². The molecule has 0 saturated heterocycles. The Hall–Kier alpha value is -1.91. The van der Waals surface area contributed by atoms with Gasteiger partial charge in [-0.15, -0.1) is 0 Å². The average molecular weight is 264 g/mol. The lowest BCUT2D eigenvalue weighted by Crippen LogP contribution is -2.33. The second-order valence-electron chi connectivity index (χ2n) is 4.75. The summed E-state index contributed by atoms with van der Waals surface area (Å²) in [5, 5.41) is 2.62. The van der Waals surface area contributed by atoms with Gasteiger partial charge >= 0.3 is 0 Å². The summed E-state index contributed by atoms with van der Waals surface area (Å²) in [7, 11) is 0. The van der Waals surface area contributed by atoms with E-state index >= 15 is 0 Å². The molecule has 0 aromatic heterocycles. The van der Waals surface area contributed by atoms with Gasteiger partial charge < -0.3 is 10.2 Å². The van der Waals surface area contributed by atoms with Crippen molar-refractivity contribution in [2.45, 2.75) is 32.2 Å². The number of nitrogens with one attached hydrogen (secondary N) is 1. The van der Waals surface area contributed by atoms with Crippen LogP contribution in [-0.4, -0.2) is 29.3 Å². The SMILES string of the molecule is CC(=O)N(CCC(=O)Nc1cccc(F)c1)C1CC1. The molecule has 1 aromatic carbocycles. The molecule has 2 amide bonds. The summed E-state index contributed by atoms with van der Waals surface area (Å²) in [6.07, 6.45) is 2.27. The van der Waals surface area contributed by atoms with Crippen LogP contribution in [0, 0.1) is 5.82 Å². The van der Waals surface area contributed by atoms with Gasteiger partial charge in [-0.3, -0.25) is 9.59 Å². The molecule has 1 saturated carbocycles. The maximum atomic E-state index is 12.9. The molecule has 1 N–H and O–H groups in total. The predicted molar refractivity (Wildman–Crippen MR) is 70.1 cm³/mol. The zero-order valence-corrected chi connectivity index (χ0v) is 10.9. The molecule has 0 unspecified atom stereocenters. The third kappa shape index (κ3) is 4.05. The summed E-state index contributed by atoms with van der Waals surface area (Å²) in [6.45, 7) is 1.93. The Morgan fingerprint density at radius 3 is 2.74 bits per heavy atom. The molecule has 0 spiro atoms. The van der Waals surface area contributed by atoms with Gasteiger partial charge in [0.2, 0.25) is 11.8 Å². The first-order valence-corrected chi connectivity index (χ1v) is 6.39. The molecule has 0 heterocycles. The normalized spacial score (nSPS) is 14.0. The third-order valence-corrected chi connectivity index (χ3v) is 3.08. The molecule has 102 valence electrons. The zero-order chi connectivity index (χ0) is 13.8. The number of halogens is 1. The van der Waals surface area contributed by atoms with Crippen LogP contribution in [0.4, 0.5) is 10.1 Å². The summed E-state index contributed by atoms with van der Waals surface area (Å²) in [4.78, 5) is 24.8. The Morgan fingerprint density at radius 1 is 1.42 bits per heavy atom. The molecule has 19 heavy (non-hydrogen) atoms. The number of nitrogens with zero attached hydrogens (tertiary/aromatic N) is 1. The zero-order valence-electron chi connectivity index (χ0n) is 10.9. The van der Waals surface area contributed by atoms with E-state index in [1.807, 2.05) is 0 Å². The first kappa shape index (κ1) is 13.5. The summed E-state index contributed by atoms with van der Waals surface area (Å²) in [5.41, 5.74) is 0.436. The molecule has 2 rings (SSSR count). The van der Waals surface area contributed by atoms with Crippen LogP contribution in [0.25, 0.3) is 0 Å². The third-order valence-electron chi connectivity index (χ3n) is 3.08. The van der Waals surface area contributed by atoms with Gasteiger partial charge in [0.1, 0.15) is 5.82 Å². The standard InChI is InChI=1S/C14H17FN2O2/c1-10(18)17(13-5-6-13)8-7-14(19)16-12-4-2-3-11(15)9-12/h2-4,9,13H,5-8H2,1H3,(H,16,19). The molecular weight excluding hydrogens is 247 g/mol.